The molecule has 0 aromatic heterocycles. The molecular weight excluding hydrogens is 539 g/mol. The first-order valence-corrected chi connectivity index (χ1v) is 16.0. The lowest BCUT2D eigenvalue weighted by molar-refractivity contribution is -0.00114. The van der Waals surface area contributed by atoms with E-state index in [0.29, 0.717) is 11.8 Å². The summed E-state index contributed by atoms with van der Waals surface area (Å²) in [4.78, 5) is 5.89. The summed E-state index contributed by atoms with van der Waals surface area (Å²) in [6, 6.07) is 6.10. The van der Waals surface area contributed by atoms with Gasteiger partial charge in [0.2, 0.25) is 6.43 Å². The van der Waals surface area contributed by atoms with Gasteiger partial charge in [-0.3, -0.25) is 4.99 Å². The van der Waals surface area contributed by atoms with E-state index in [-0.39, 0.29) is 24.4 Å². The van der Waals surface area contributed by atoms with Crippen molar-refractivity contribution in [1.29, 1.82) is 0 Å². The van der Waals surface area contributed by atoms with E-state index in [1.54, 1.807) is 27.0 Å². The molecule has 5 nitrogen and oxygen atoms in total. The molecule has 3 aliphatic heterocycles. The van der Waals surface area contributed by atoms with E-state index in [9.17, 15) is 18.3 Å². The van der Waals surface area contributed by atoms with Crippen molar-refractivity contribution in [3.05, 3.63) is 34.9 Å². The molecule has 3 N–H and O–H groups in total. The summed E-state index contributed by atoms with van der Waals surface area (Å²) >= 11 is 0. The highest BCUT2D eigenvalue weighted by Crippen LogP contribution is 2.53. The van der Waals surface area contributed by atoms with Crippen molar-refractivity contribution in [1.82, 2.24) is 10.2 Å². The summed E-state index contributed by atoms with van der Waals surface area (Å²) in [5.74, 6) is 0.785. The molecule has 5 rings (SSSR count). The Bertz CT molecular complexity index is 950. The first-order valence-electron chi connectivity index (χ1n) is 16.0. The lowest BCUT2D eigenvalue weighted by Gasteiger charge is -2.49. The SMILES string of the molecule is CC(C)(C)O.CC(CCC(F)F)c1cccc(CCC[C@@H]2CNCC23CN(C)C3)c1CO.CCC.FC1N=CC12CC2. The Labute approximate surface area is 253 Å². The summed E-state index contributed by atoms with van der Waals surface area (Å²) in [5, 5.41) is 22.0. The molecule has 1 saturated carbocycles. The fraction of sp³-hybridized carbons (Fsp3) is 0.794. The Balaban J connectivity index is 0.000000333. The molecule has 4 aliphatic rings. The predicted octanol–water partition coefficient (Wildman–Crippen LogP) is 7.14. The molecule has 0 radical (unpaired) electrons. The van der Waals surface area contributed by atoms with Gasteiger partial charge >= 0.3 is 0 Å². The van der Waals surface area contributed by atoms with Crippen molar-refractivity contribution in [3.63, 3.8) is 0 Å². The molecule has 0 bridgehead atoms. The van der Waals surface area contributed by atoms with Crippen molar-refractivity contribution >= 4 is 6.21 Å². The summed E-state index contributed by atoms with van der Waals surface area (Å²) in [7, 11) is 2.19. The van der Waals surface area contributed by atoms with Gasteiger partial charge in [-0.25, -0.2) is 13.2 Å². The largest absolute Gasteiger partial charge is 0.392 e. The number of nitrogens with zero attached hydrogens (tertiary/aromatic N) is 2. The highest BCUT2D eigenvalue weighted by atomic mass is 19.3. The zero-order valence-corrected chi connectivity index (χ0v) is 27.2. The quantitative estimate of drug-likeness (QED) is 0.265. The van der Waals surface area contributed by atoms with Crippen LogP contribution in [0.1, 0.15) is 109 Å². The van der Waals surface area contributed by atoms with Gasteiger partial charge < -0.3 is 20.4 Å². The Morgan fingerprint density at radius 2 is 1.76 bits per heavy atom. The number of likely N-dealkylation sites (tertiary alicyclic amines) is 1. The Morgan fingerprint density at radius 3 is 2.19 bits per heavy atom. The summed E-state index contributed by atoms with van der Waals surface area (Å²) in [6.45, 7) is 16.1. The number of hydrogen-bond acceptors (Lipinski definition) is 5. The number of aryl methyl sites for hydroxylation is 1. The predicted molar refractivity (Wildman–Crippen MR) is 168 cm³/mol. The second-order valence-corrected chi connectivity index (χ2v) is 14.0. The number of hydrogen-bond donors (Lipinski definition) is 3. The molecule has 1 aromatic rings. The highest BCUT2D eigenvalue weighted by Gasteiger charge is 2.54. The summed E-state index contributed by atoms with van der Waals surface area (Å²) in [5.41, 5.74) is 3.13. The lowest BCUT2D eigenvalue weighted by atomic mass is 9.70. The van der Waals surface area contributed by atoms with Crippen molar-refractivity contribution in [2.24, 2.45) is 21.7 Å². The molecule has 1 aliphatic carbocycles. The number of aliphatic hydroxyl groups excluding tert-OH is 1. The number of alkyl halides is 3. The van der Waals surface area contributed by atoms with Crippen LogP contribution in [0.25, 0.3) is 0 Å². The van der Waals surface area contributed by atoms with Gasteiger partial charge in [-0.2, -0.15) is 0 Å². The van der Waals surface area contributed by atoms with Gasteiger partial charge in [-0.05, 0) is 101 Å². The number of nitrogens with one attached hydrogen (secondary N) is 1. The van der Waals surface area contributed by atoms with Gasteiger partial charge in [0.05, 0.1) is 17.6 Å². The third-order valence-electron chi connectivity index (χ3n) is 8.48. The Morgan fingerprint density at radius 1 is 1.14 bits per heavy atom. The second-order valence-electron chi connectivity index (χ2n) is 14.0. The molecule has 3 fully saturated rings. The van der Waals surface area contributed by atoms with E-state index < -0.39 is 18.3 Å². The highest BCUT2D eigenvalue weighted by molar-refractivity contribution is 5.76. The first-order chi connectivity index (χ1) is 19.7. The van der Waals surface area contributed by atoms with Crippen molar-refractivity contribution in [2.45, 2.75) is 124 Å². The molecule has 2 spiro atoms. The minimum Gasteiger partial charge on any atom is -0.392 e. The zero-order chi connectivity index (χ0) is 31.6. The number of aliphatic hydroxyl groups is 2. The van der Waals surface area contributed by atoms with E-state index in [4.69, 9.17) is 5.11 Å². The average Bonchev–Trinajstić information content (AvgIpc) is 3.64. The molecule has 1 aromatic carbocycles. The standard InChI is InChI=1S/C22H34F2N2O.C5H6FN.C4H10O.C3H8/c1-16(9-10-21(23)24)19-8-4-6-17(20(19)12-27)5-3-7-18-11-25-13-22(18)14-26(2)15-22;6-4-5(1-2-5)3-7-4;1-4(2,3)5;1-3-2/h4,6,8,16,18,21,25,27H,3,5,7,9-15H2,1-2H3;3-4H,1-2H2;5H,1-3H3;3H2,1-2H3/t16?,18-;;;/m1.../s1. The molecule has 42 heavy (non-hydrogen) atoms. The Kier molecular flexibility index (Phi) is 14.5. The fourth-order valence-electron chi connectivity index (χ4n) is 6.13. The van der Waals surface area contributed by atoms with Crippen LogP contribution in [0.2, 0.25) is 0 Å². The van der Waals surface area contributed by atoms with Crippen LogP contribution in [0.15, 0.2) is 23.2 Å². The van der Waals surface area contributed by atoms with Gasteiger partial charge in [0.1, 0.15) is 0 Å². The van der Waals surface area contributed by atoms with Gasteiger partial charge in [0, 0.05) is 37.7 Å². The third-order valence-corrected chi connectivity index (χ3v) is 8.48. The topological polar surface area (TPSA) is 68.1 Å². The van der Waals surface area contributed by atoms with E-state index in [0.717, 1.165) is 55.8 Å². The van der Waals surface area contributed by atoms with Crippen LogP contribution in [-0.4, -0.2) is 72.9 Å². The van der Waals surface area contributed by atoms with Crippen LogP contribution >= 0.6 is 0 Å². The molecule has 0 amide bonds. The van der Waals surface area contributed by atoms with Crippen LogP contribution in [0, 0.1) is 16.7 Å². The number of benzene rings is 1. The first kappa shape index (κ1) is 36.7. The molecule has 3 atom stereocenters. The van der Waals surface area contributed by atoms with E-state index in [1.165, 1.54) is 31.5 Å². The maximum Gasteiger partial charge on any atom is 0.238 e. The normalized spacial score (nSPS) is 23.5. The molecule has 242 valence electrons. The molecule has 2 saturated heterocycles. The number of aliphatic imine (C=N–C) groups is 1. The maximum absolute atomic E-state index is 12.6. The van der Waals surface area contributed by atoms with Crippen LogP contribution < -0.4 is 5.32 Å². The molecule has 2 unspecified atom stereocenters. The monoisotopic (exact) mass is 597 g/mol. The van der Waals surface area contributed by atoms with E-state index in [2.05, 4.69) is 42.2 Å². The average molecular weight is 598 g/mol. The smallest absolute Gasteiger partial charge is 0.238 e. The molecular formula is C34H58F3N3O2. The fourth-order valence-corrected chi connectivity index (χ4v) is 6.13. The third kappa shape index (κ3) is 11.2. The van der Waals surface area contributed by atoms with Crippen molar-refractivity contribution < 1.29 is 23.4 Å². The lowest BCUT2D eigenvalue weighted by Crippen LogP contribution is -2.58. The van der Waals surface area contributed by atoms with Gasteiger partial charge in [0.15, 0.2) is 6.30 Å². The minimum atomic E-state index is -2.26. The van der Waals surface area contributed by atoms with E-state index >= 15 is 0 Å². The van der Waals surface area contributed by atoms with Crippen LogP contribution in [0.4, 0.5) is 13.2 Å². The van der Waals surface area contributed by atoms with Gasteiger partial charge in [-0.15, -0.1) is 0 Å². The van der Waals surface area contributed by atoms with Gasteiger partial charge in [-0.1, -0.05) is 45.4 Å². The number of halogens is 3. The zero-order valence-electron chi connectivity index (χ0n) is 27.2. The van der Waals surface area contributed by atoms with Crippen LogP contribution in [0.3, 0.4) is 0 Å². The van der Waals surface area contributed by atoms with Crippen LogP contribution in [-0.2, 0) is 13.0 Å². The number of rotatable bonds is 9. The summed E-state index contributed by atoms with van der Waals surface area (Å²) < 4.78 is 37.3. The Hall–Kier alpha value is -1.48. The maximum atomic E-state index is 12.6. The minimum absolute atomic E-state index is 0.00968. The van der Waals surface area contributed by atoms with Gasteiger partial charge in [0.25, 0.3) is 0 Å². The van der Waals surface area contributed by atoms with Crippen molar-refractivity contribution in [3.8, 4) is 0 Å². The molecule has 3 heterocycles. The summed E-state index contributed by atoms with van der Waals surface area (Å²) in [6.07, 6.45) is 5.59. The second kappa shape index (κ2) is 16.6. The van der Waals surface area contributed by atoms with E-state index in [1.807, 2.05) is 19.1 Å². The molecule has 8 heteroatoms. The van der Waals surface area contributed by atoms with Crippen molar-refractivity contribution in [2.75, 3.05) is 33.2 Å². The van der Waals surface area contributed by atoms with Crippen LogP contribution in [0.5, 0.6) is 0 Å².